The third kappa shape index (κ3) is 2.37. The van der Waals surface area contributed by atoms with Gasteiger partial charge in [0.1, 0.15) is 5.01 Å². The van der Waals surface area contributed by atoms with Crippen molar-refractivity contribution in [3.63, 3.8) is 0 Å². The van der Waals surface area contributed by atoms with Crippen LogP contribution in [0.5, 0.6) is 0 Å². The maximum atomic E-state index is 4.66. The molecule has 0 N–H and O–H groups in total. The molecule has 0 amide bonds. The van der Waals surface area contributed by atoms with Gasteiger partial charge in [-0.15, -0.1) is 11.3 Å². The van der Waals surface area contributed by atoms with Gasteiger partial charge in [0, 0.05) is 5.56 Å². The minimum atomic E-state index is 1.01. The fourth-order valence-electron chi connectivity index (χ4n) is 1.71. The van der Waals surface area contributed by atoms with Gasteiger partial charge < -0.3 is 0 Å². The van der Waals surface area contributed by atoms with Gasteiger partial charge in [-0.2, -0.15) is 0 Å². The van der Waals surface area contributed by atoms with E-state index < -0.39 is 0 Å². The molecular formula is C15H15NS. The van der Waals surface area contributed by atoms with E-state index in [1.54, 1.807) is 17.4 Å². The van der Waals surface area contributed by atoms with Gasteiger partial charge in [0.25, 0.3) is 0 Å². The van der Waals surface area contributed by atoms with Crippen LogP contribution in [0.4, 0.5) is 0 Å². The summed E-state index contributed by atoms with van der Waals surface area (Å²) in [6.07, 6.45) is 5.83. The van der Waals surface area contributed by atoms with Crippen LogP contribution in [0.2, 0.25) is 0 Å². The van der Waals surface area contributed by atoms with E-state index in [1.165, 1.54) is 15.7 Å². The van der Waals surface area contributed by atoms with Crippen molar-refractivity contribution >= 4 is 23.5 Å². The molecule has 0 unspecified atom stereocenters. The molecule has 0 spiro atoms. The second-order valence-corrected chi connectivity index (χ2v) is 4.81. The number of hydrogen-bond donors (Lipinski definition) is 0. The molecule has 2 heteroatoms. The van der Waals surface area contributed by atoms with E-state index in [-0.39, 0.29) is 0 Å². The monoisotopic (exact) mass is 241 g/mol. The maximum Gasteiger partial charge on any atom is 0.124 e. The molecule has 0 fully saturated rings. The Morgan fingerprint density at radius 1 is 1.29 bits per heavy atom. The Hall–Kier alpha value is -1.67. The minimum absolute atomic E-state index is 1.01. The number of allylic oxidation sites excluding steroid dienone is 1. The Bertz CT molecular complexity index is 650. The standard InChI is InChI=1S/C15H15NS/c1-4-8-13-14(5-2)17-15(16-13)12-10-7-6-9-11(12)3/h4-10H,1H2,2-3H3/b13-8+,14-5+. The van der Waals surface area contributed by atoms with Crippen molar-refractivity contribution < 1.29 is 0 Å². The molecule has 1 aromatic carbocycles. The van der Waals surface area contributed by atoms with Crippen LogP contribution in [0.3, 0.4) is 0 Å². The zero-order valence-corrected chi connectivity index (χ0v) is 10.9. The molecule has 0 saturated carbocycles. The topological polar surface area (TPSA) is 12.9 Å². The molecule has 0 aliphatic heterocycles. The van der Waals surface area contributed by atoms with Gasteiger partial charge in [-0.3, -0.25) is 0 Å². The van der Waals surface area contributed by atoms with Crippen molar-refractivity contribution in [3.8, 4) is 10.6 Å². The summed E-state index contributed by atoms with van der Waals surface area (Å²) in [6.45, 7) is 7.88. The molecule has 2 rings (SSSR count). The average molecular weight is 241 g/mol. The largest absolute Gasteiger partial charge is 0.236 e. The summed E-state index contributed by atoms with van der Waals surface area (Å²) in [7, 11) is 0. The minimum Gasteiger partial charge on any atom is -0.236 e. The molecule has 1 aromatic heterocycles. The highest BCUT2D eigenvalue weighted by molar-refractivity contribution is 7.13. The van der Waals surface area contributed by atoms with E-state index in [9.17, 15) is 0 Å². The summed E-state index contributed by atoms with van der Waals surface area (Å²) in [5, 5.41) is 2.08. The van der Waals surface area contributed by atoms with Gasteiger partial charge in [0.15, 0.2) is 0 Å². The summed E-state index contributed by atoms with van der Waals surface area (Å²) >= 11 is 1.72. The Balaban J connectivity index is 2.67. The maximum absolute atomic E-state index is 4.66. The second kappa shape index (κ2) is 5.11. The normalized spacial score (nSPS) is 13.1. The molecule has 1 nitrogen and oxygen atoms in total. The predicted octanol–water partition coefficient (Wildman–Crippen LogP) is 2.89. The van der Waals surface area contributed by atoms with Gasteiger partial charge >= 0.3 is 0 Å². The number of aromatic nitrogens is 1. The number of thiazole rings is 1. The first-order valence-electron chi connectivity index (χ1n) is 5.58. The lowest BCUT2D eigenvalue weighted by Gasteiger charge is -1.99. The molecule has 2 aromatic rings. The number of rotatable bonds is 2. The number of nitrogens with zero attached hydrogens (tertiary/aromatic N) is 1. The summed E-state index contributed by atoms with van der Waals surface area (Å²) in [6, 6.07) is 8.33. The number of benzene rings is 1. The van der Waals surface area contributed by atoms with Gasteiger partial charge in [0.2, 0.25) is 0 Å². The zero-order chi connectivity index (χ0) is 12.3. The molecule has 0 aliphatic rings. The van der Waals surface area contributed by atoms with Gasteiger partial charge in [-0.05, 0) is 25.5 Å². The van der Waals surface area contributed by atoms with Crippen molar-refractivity contribution in [2.45, 2.75) is 13.8 Å². The van der Waals surface area contributed by atoms with Crippen LogP contribution in [0.1, 0.15) is 12.5 Å². The number of aryl methyl sites for hydroxylation is 1. The van der Waals surface area contributed by atoms with Crippen LogP contribution in [-0.4, -0.2) is 4.98 Å². The first-order chi connectivity index (χ1) is 8.26. The molecule has 0 radical (unpaired) electrons. The van der Waals surface area contributed by atoms with Crippen molar-refractivity contribution in [1.82, 2.24) is 4.98 Å². The van der Waals surface area contributed by atoms with E-state index in [1.807, 2.05) is 13.0 Å². The Kier molecular flexibility index (Phi) is 3.55. The van der Waals surface area contributed by atoms with Crippen LogP contribution in [0, 0.1) is 6.92 Å². The molecule has 1 heterocycles. The third-order valence-electron chi connectivity index (χ3n) is 2.59. The number of hydrogen-bond acceptors (Lipinski definition) is 2. The molecule has 0 atom stereocenters. The molecule has 17 heavy (non-hydrogen) atoms. The Morgan fingerprint density at radius 2 is 2.06 bits per heavy atom. The smallest absolute Gasteiger partial charge is 0.124 e. The van der Waals surface area contributed by atoms with E-state index >= 15 is 0 Å². The van der Waals surface area contributed by atoms with Gasteiger partial charge in [-0.1, -0.05) is 43.0 Å². The Morgan fingerprint density at radius 3 is 2.71 bits per heavy atom. The third-order valence-corrected chi connectivity index (χ3v) is 3.76. The first kappa shape index (κ1) is 11.8. The average Bonchev–Trinajstić information content (AvgIpc) is 2.73. The lowest BCUT2D eigenvalue weighted by atomic mass is 10.1. The summed E-state index contributed by atoms with van der Waals surface area (Å²) in [4.78, 5) is 4.66. The van der Waals surface area contributed by atoms with E-state index in [4.69, 9.17) is 0 Å². The van der Waals surface area contributed by atoms with Crippen LogP contribution in [0.25, 0.3) is 22.7 Å². The van der Waals surface area contributed by atoms with Crippen molar-refractivity contribution in [3.05, 3.63) is 52.4 Å². The molecule has 0 aliphatic carbocycles. The van der Waals surface area contributed by atoms with Gasteiger partial charge in [0.05, 0.1) is 9.88 Å². The quantitative estimate of drug-likeness (QED) is 0.788. The predicted molar refractivity (Wildman–Crippen MR) is 76.3 cm³/mol. The SMILES string of the molecule is C=C/C=c1/nc(-c2ccccc2C)s/c1=C/C. The molecule has 0 bridgehead atoms. The first-order valence-corrected chi connectivity index (χ1v) is 6.40. The summed E-state index contributed by atoms with van der Waals surface area (Å²) in [5.41, 5.74) is 2.47. The lowest BCUT2D eigenvalue weighted by Crippen LogP contribution is -2.19. The zero-order valence-electron chi connectivity index (χ0n) is 10.1. The Labute approximate surface area is 105 Å². The highest BCUT2D eigenvalue weighted by Crippen LogP contribution is 2.21. The fraction of sp³-hybridized carbons (Fsp3) is 0.133. The summed E-state index contributed by atoms with van der Waals surface area (Å²) in [5.74, 6) is 0. The van der Waals surface area contributed by atoms with Crippen molar-refractivity contribution in [2.24, 2.45) is 0 Å². The highest BCUT2D eigenvalue weighted by atomic mass is 32.1. The van der Waals surface area contributed by atoms with Crippen molar-refractivity contribution in [2.75, 3.05) is 0 Å². The van der Waals surface area contributed by atoms with Gasteiger partial charge in [-0.25, -0.2) is 4.98 Å². The lowest BCUT2D eigenvalue weighted by molar-refractivity contribution is 1.30. The van der Waals surface area contributed by atoms with Crippen LogP contribution >= 0.6 is 11.3 Å². The highest BCUT2D eigenvalue weighted by Gasteiger charge is 2.05. The second-order valence-electron chi connectivity index (χ2n) is 3.77. The molecular weight excluding hydrogens is 226 g/mol. The molecule has 0 saturated heterocycles. The van der Waals surface area contributed by atoms with E-state index in [0.29, 0.717) is 0 Å². The van der Waals surface area contributed by atoms with Crippen LogP contribution in [0.15, 0.2) is 36.9 Å². The molecule has 86 valence electrons. The fourth-order valence-corrected chi connectivity index (χ4v) is 2.74. The van der Waals surface area contributed by atoms with Crippen molar-refractivity contribution in [1.29, 1.82) is 0 Å². The summed E-state index contributed by atoms with van der Waals surface area (Å²) < 4.78 is 1.20. The van der Waals surface area contributed by atoms with Crippen LogP contribution in [-0.2, 0) is 0 Å². The van der Waals surface area contributed by atoms with E-state index in [2.05, 4.69) is 48.8 Å². The van der Waals surface area contributed by atoms with E-state index in [0.717, 1.165) is 10.4 Å². The van der Waals surface area contributed by atoms with Crippen LogP contribution < -0.4 is 9.88 Å².